The highest BCUT2D eigenvalue weighted by Gasteiger charge is 2.42. The first kappa shape index (κ1) is 19.7. The predicted octanol–water partition coefficient (Wildman–Crippen LogP) is 4.39. The first-order valence-corrected chi connectivity index (χ1v) is 8.29. The van der Waals surface area contributed by atoms with Crippen LogP contribution in [0.3, 0.4) is 0 Å². The number of benzene rings is 1. The minimum atomic E-state index is -4.43. The first-order chi connectivity index (χ1) is 13.1. The number of hydrogen-bond acceptors (Lipinski definition) is 4. The second-order valence-electron chi connectivity index (χ2n) is 6.73. The van der Waals surface area contributed by atoms with E-state index >= 15 is 0 Å². The number of nitrogens with one attached hydrogen (secondary N) is 1. The fourth-order valence-electron chi connectivity index (χ4n) is 2.91. The standard InChI is InChI=1S/C19H17F4N3O2/c1-12(20)17(27)26-10-18(2,11-26)25-15-4-3-9-24-16(15)28-14-7-5-13(6-8-14)19(21,22)23/h3-9,25H,1,10-11H2,2H3. The van der Waals surface area contributed by atoms with E-state index in [1.165, 1.54) is 23.2 Å². The number of nitrogens with zero attached hydrogens (tertiary/aromatic N) is 2. The smallest absolute Gasteiger partial charge is 0.416 e. The summed E-state index contributed by atoms with van der Waals surface area (Å²) in [5.41, 5.74) is -0.816. The molecule has 1 aliphatic heterocycles. The molecule has 1 amide bonds. The van der Waals surface area contributed by atoms with Gasteiger partial charge in [-0.15, -0.1) is 0 Å². The van der Waals surface area contributed by atoms with Crippen molar-refractivity contribution in [3.8, 4) is 11.6 Å². The topological polar surface area (TPSA) is 54.5 Å². The molecule has 9 heteroatoms. The van der Waals surface area contributed by atoms with Gasteiger partial charge in [0.1, 0.15) is 5.75 Å². The number of pyridine rings is 1. The average molecular weight is 395 g/mol. The van der Waals surface area contributed by atoms with Gasteiger partial charge in [0, 0.05) is 19.3 Å². The molecule has 1 aromatic heterocycles. The third-order valence-electron chi connectivity index (χ3n) is 4.20. The Kier molecular flexibility index (Phi) is 5.01. The Morgan fingerprint density at radius 1 is 1.25 bits per heavy atom. The molecule has 1 aromatic carbocycles. The number of carbonyl (C=O) groups excluding carboxylic acids is 1. The van der Waals surface area contributed by atoms with Crippen LogP contribution < -0.4 is 10.1 Å². The van der Waals surface area contributed by atoms with Gasteiger partial charge in [0.25, 0.3) is 5.91 Å². The van der Waals surface area contributed by atoms with Gasteiger partial charge in [0.05, 0.1) is 16.8 Å². The molecule has 1 fully saturated rings. The van der Waals surface area contributed by atoms with Gasteiger partial charge in [0.2, 0.25) is 5.88 Å². The molecule has 0 bridgehead atoms. The van der Waals surface area contributed by atoms with Crippen molar-refractivity contribution in [1.29, 1.82) is 0 Å². The number of halogens is 4. The Labute approximate surface area is 158 Å². The van der Waals surface area contributed by atoms with E-state index in [4.69, 9.17) is 4.74 Å². The van der Waals surface area contributed by atoms with Crippen LogP contribution in [0.2, 0.25) is 0 Å². The summed E-state index contributed by atoms with van der Waals surface area (Å²) in [7, 11) is 0. The molecule has 3 rings (SSSR count). The number of anilines is 1. The van der Waals surface area contributed by atoms with E-state index in [1.54, 1.807) is 12.1 Å². The molecule has 1 aliphatic rings. The quantitative estimate of drug-likeness (QED) is 0.603. The normalized spacial score (nSPS) is 15.5. The highest BCUT2D eigenvalue weighted by molar-refractivity contribution is 5.91. The van der Waals surface area contributed by atoms with Crippen molar-refractivity contribution in [3.05, 3.63) is 60.6 Å². The lowest BCUT2D eigenvalue weighted by Crippen LogP contribution is -2.65. The van der Waals surface area contributed by atoms with Crippen molar-refractivity contribution in [2.75, 3.05) is 18.4 Å². The second-order valence-corrected chi connectivity index (χ2v) is 6.73. The lowest BCUT2D eigenvalue weighted by Gasteiger charge is -2.48. The lowest BCUT2D eigenvalue weighted by atomic mass is 9.91. The van der Waals surface area contributed by atoms with Gasteiger partial charge < -0.3 is 15.0 Å². The number of rotatable bonds is 5. The zero-order chi connectivity index (χ0) is 20.5. The highest BCUT2D eigenvalue weighted by atomic mass is 19.4. The lowest BCUT2D eigenvalue weighted by molar-refractivity contribution is -0.137. The van der Waals surface area contributed by atoms with E-state index in [-0.39, 0.29) is 24.7 Å². The van der Waals surface area contributed by atoms with Gasteiger partial charge in [-0.2, -0.15) is 13.2 Å². The maximum Gasteiger partial charge on any atom is 0.416 e. The van der Waals surface area contributed by atoms with Crippen LogP contribution in [-0.2, 0) is 11.0 Å². The fraction of sp³-hybridized carbons (Fsp3) is 0.263. The minimum absolute atomic E-state index is 0.170. The fourth-order valence-corrected chi connectivity index (χ4v) is 2.91. The van der Waals surface area contributed by atoms with Crippen molar-refractivity contribution >= 4 is 11.6 Å². The van der Waals surface area contributed by atoms with Crippen molar-refractivity contribution in [3.63, 3.8) is 0 Å². The molecule has 0 spiro atoms. The number of aromatic nitrogens is 1. The molecule has 5 nitrogen and oxygen atoms in total. The largest absolute Gasteiger partial charge is 0.437 e. The van der Waals surface area contributed by atoms with Crippen molar-refractivity contribution in [1.82, 2.24) is 9.88 Å². The molecule has 2 heterocycles. The number of carbonyl (C=O) groups is 1. The third-order valence-corrected chi connectivity index (χ3v) is 4.20. The molecular formula is C19H17F4N3O2. The third kappa shape index (κ3) is 4.24. The Balaban J connectivity index is 1.70. The summed E-state index contributed by atoms with van der Waals surface area (Å²) in [5.74, 6) is -1.41. The molecule has 0 aliphatic carbocycles. The summed E-state index contributed by atoms with van der Waals surface area (Å²) in [6.45, 7) is 5.34. The van der Waals surface area contributed by atoms with Gasteiger partial charge in [-0.3, -0.25) is 4.79 Å². The van der Waals surface area contributed by atoms with Crippen LogP contribution in [0.1, 0.15) is 12.5 Å². The van der Waals surface area contributed by atoms with Crippen LogP contribution >= 0.6 is 0 Å². The molecular weight excluding hydrogens is 378 g/mol. The van der Waals surface area contributed by atoms with Crippen LogP contribution in [0.15, 0.2) is 55.0 Å². The van der Waals surface area contributed by atoms with Gasteiger partial charge in [0.15, 0.2) is 5.83 Å². The maximum atomic E-state index is 12.9. The zero-order valence-corrected chi connectivity index (χ0v) is 14.9. The molecule has 1 saturated heterocycles. The maximum absolute atomic E-state index is 12.9. The van der Waals surface area contributed by atoms with E-state index < -0.39 is 29.0 Å². The number of likely N-dealkylation sites (tertiary alicyclic amines) is 1. The summed E-state index contributed by atoms with van der Waals surface area (Å²) in [6.07, 6.45) is -2.94. The Morgan fingerprint density at radius 2 is 1.89 bits per heavy atom. The van der Waals surface area contributed by atoms with E-state index in [1.807, 2.05) is 6.92 Å². The molecule has 0 saturated carbocycles. The second kappa shape index (κ2) is 7.14. The van der Waals surface area contributed by atoms with Crippen LogP contribution in [0.25, 0.3) is 0 Å². The van der Waals surface area contributed by atoms with Crippen LogP contribution in [-0.4, -0.2) is 34.4 Å². The monoisotopic (exact) mass is 395 g/mol. The van der Waals surface area contributed by atoms with E-state index in [2.05, 4.69) is 16.9 Å². The van der Waals surface area contributed by atoms with E-state index in [9.17, 15) is 22.4 Å². The number of ether oxygens (including phenoxy) is 1. The summed E-state index contributed by atoms with van der Waals surface area (Å²) < 4.78 is 56.5. The minimum Gasteiger partial charge on any atom is -0.437 e. The van der Waals surface area contributed by atoms with Crippen LogP contribution in [0.5, 0.6) is 11.6 Å². The summed E-state index contributed by atoms with van der Waals surface area (Å²) in [6, 6.07) is 7.61. The molecule has 0 unspecified atom stereocenters. The summed E-state index contributed by atoms with van der Waals surface area (Å²) >= 11 is 0. The number of alkyl halides is 3. The van der Waals surface area contributed by atoms with Crippen molar-refractivity contribution < 1.29 is 27.1 Å². The first-order valence-electron chi connectivity index (χ1n) is 8.29. The van der Waals surface area contributed by atoms with E-state index in [0.29, 0.717) is 5.69 Å². The Bertz CT molecular complexity index is 891. The Morgan fingerprint density at radius 3 is 2.46 bits per heavy atom. The van der Waals surface area contributed by atoms with Crippen molar-refractivity contribution in [2.24, 2.45) is 0 Å². The molecule has 28 heavy (non-hydrogen) atoms. The summed E-state index contributed by atoms with van der Waals surface area (Å²) in [4.78, 5) is 17.0. The zero-order valence-electron chi connectivity index (χ0n) is 14.9. The molecule has 2 aromatic rings. The van der Waals surface area contributed by atoms with Crippen LogP contribution in [0.4, 0.5) is 23.2 Å². The number of amides is 1. The van der Waals surface area contributed by atoms with E-state index in [0.717, 1.165) is 12.1 Å². The Hall–Kier alpha value is -3.10. The number of hydrogen-bond donors (Lipinski definition) is 1. The predicted molar refractivity (Wildman–Crippen MR) is 94.6 cm³/mol. The molecule has 148 valence electrons. The molecule has 0 radical (unpaired) electrons. The SMILES string of the molecule is C=C(F)C(=O)N1CC(C)(Nc2cccnc2Oc2ccc(C(F)(F)F)cc2)C1. The van der Waals surface area contributed by atoms with Crippen LogP contribution in [0, 0.1) is 0 Å². The molecule has 0 atom stereocenters. The van der Waals surface area contributed by atoms with Gasteiger partial charge >= 0.3 is 6.18 Å². The average Bonchev–Trinajstić information content (AvgIpc) is 2.60. The van der Waals surface area contributed by atoms with Gasteiger partial charge in [-0.1, -0.05) is 6.58 Å². The van der Waals surface area contributed by atoms with Gasteiger partial charge in [-0.25, -0.2) is 9.37 Å². The summed E-state index contributed by atoms with van der Waals surface area (Å²) in [5, 5.41) is 3.19. The van der Waals surface area contributed by atoms with Crippen molar-refractivity contribution in [2.45, 2.75) is 18.6 Å². The highest BCUT2D eigenvalue weighted by Crippen LogP contribution is 2.34. The van der Waals surface area contributed by atoms with Gasteiger partial charge in [-0.05, 0) is 43.3 Å². The molecule has 1 N–H and O–H groups in total.